The van der Waals surface area contributed by atoms with E-state index in [1.807, 2.05) is 62.4 Å². The number of ether oxygens (including phenoxy) is 1. The molecule has 0 saturated carbocycles. The zero-order chi connectivity index (χ0) is 22.9. The van der Waals surface area contributed by atoms with Crippen LogP contribution in [0, 0.1) is 0 Å². The third-order valence-electron chi connectivity index (χ3n) is 4.68. The fourth-order valence-corrected chi connectivity index (χ4v) is 3.19. The number of hydrogen-bond acceptors (Lipinski definition) is 4. The van der Waals surface area contributed by atoms with Crippen LogP contribution in [0.5, 0.6) is 5.75 Å². The minimum atomic E-state index is -0.180. The Hall–Kier alpha value is -3.80. The Morgan fingerprint density at radius 3 is 2.31 bits per heavy atom. The summed E-state index contributed by atoms with van der Waals surface area (Å²) in [5, 5.41) is 5.92. The number of carbonyl (C=O) groups excluding carboxylic acids is 2. The number of nitrogens with zero attached hydrogens (tertiary/aromatic N) is 1. The third kappa shape index (κ3) is 6.87. The maximum absolute atomic E-state index is 12.8. The highest BCUT2D eigenvalue weighted by Crippen LogP contribution is 2.17. The first-order valence-electron chi connectivity index (χ1n) is 10.6. The number of benzene rings is 3. The molecule has 0 aliphatic rings. The van der Waals surface area contributed by atoms with Crippen molar-refractivity contribution < 1.29 is 14.3 Å². The van der Waals surface area contributed by atoms with Gasteiger partial charge in [0.2, 0.25) is 5.91 Å². The summed E-state index contributed by atoms with van der Waals surface area (Å²) in [7, 11) is 1.78. The van der Waals surface area contributed by atoms with Crippen molar-refractivity contribution in [2.75, 3.05) is 24.2 Å². The van der Waals surface area contributed by atoms with E-state index < -0.39 is 0 Å². The van der Waals surface area contributed by atoms with Gasteiger partial charge >= 0.3 is 0 Å². The molecule has 0 fully saturated rings. The largest absolute Gasteiger partial charge is 0.491 e. The maximum atomic E-state index is 12.8. The molecule has 0 aliphatic heterocycles. The summed E-state index contributed by atoms with van der Waals surface area (Å²) in [5.74, 6) is 0.501. The minimum absolute atomic E-state index is 0.0781. The predicted octanol–water partition coefficient (Wildman–Crippen LogP) is 4.80. The van der Waals surface area contributed by atoms with Crippen LogP contribution < -0.4 is 15.4 Å². The molecule has 0 heterocycles. The molecule has 0 aromatic heterocycles. The normalized spacial score (nSPS) is 10.5. The van der Waals surface area contributed by atoms with Gasteiger partial charge in [0.1, 0.15) is 5.75 Å². The summed E-state index contributed by atoms with van der Waals surface area (Å²) >= 11 is 0. The quantitative estimate of drug-likeness (QED) is 0.511. The first-order valence-corrected chi connectivity index (χ1v) is 10.6. The van der Waals surface area contributed by atoms with Gasteiger partial charge in [-0.25, -0.2) is 0 Å². The fraction of sp³-hybridized carbons (Fsp3) is 0.231. The number of carbonyl (C=O) groups is 2. The van der Waals surface area contributed by atoms with Gasteiger partial charge < -0.3 is 20.3 Å². The van der Waals surface area contributed by atoms with E-state index >= 15 is 0 Å². The van der Waals surface area contributed by atoms with Crippen LogP contribution in [0.3, 0.4) is 0 Å². The monoisotopic (exact) mass is 431 g/mol. The Labute approximate surface area is 189 Å². The molecule has 0 saturated heterocycles. The second-order valence-corrected chi connectivity index (χ2v) is 7.82. The van der Waals surface area contributed by atoms with E-state index in [1.54, 1.807) is 42.3 Å². The molecule has 166 valence electrons. The van der Waals surface area contributed by atoms with Crippen LogP contribution >= 0.6 is 0 Å². The number of anilines is 2. The average Bonchev–Trinajstić information content (AvgIpc) is 2.79. The van der Waals surface area contributed by atoms with Crippen molar-refractivity contribution in [1.82, 2.24) is 4.90 Å². The van der Waals surface area contributed by atoms with Crippen molar-refractivity contribution in [2.24, 2.45) is 0 Å². The van der Waals surface area contributed by atoms with Crippen LogP contribution in [0.25, 0.3) is 0 Å². The summed E-state index contributed by atoms with van der Waals surface area (Å²) < 4.78 is 5.60. The molecule has 6 heteroatoms. The zero-order valence-corrected chi connectivity index (χ0v) is 18.7. The number of rotatable bonds is 9. The van der Waals surface area contributed by atoms with E-state index in [1.165, 1.54) is 0 Å². The summed E-state index contributed by atoms with van der Waals surface area (Å²) in [4.78, 5) is 26.8. The second-order valence-electron chi connectivity index (χ2n) is 7.82. The van der Waals surface area contributed by atoms with E-state index in [-0.39, 0.29) is 24.5 Å². The van der Waals surface area contributed by atoms with Gasteiger partial charge in [0, 0.05) is 30.5 Å². The number of nitrogens with one attached hydrogen (secondary N) is 2. The van der Waals surface area contributed by atoms with Gasteiger partial charge in [0.05, 0.1) is 12.6 Å². The Balaban J connectivity index is 1.52. The smallest absolute Gasteiger partial charge is 0.253 e. The van der Waals surface area contributed by atoms with E-state index in [9.17, 15) is 9.59 Å². The summed E-state index contributed by atoms with van der Waals surface area (Å²) in [6.45, 7) is 4.54. The van der Waals surface area contributed by atoms with Crippen LogP contribution in [0.2, 0.25) is 0 Å². The van der Waals surface area contributed by atoms with E-state index in [4.69, 9.17) is 4.74 Å². The minimum Gasteiger partial charge on any atom is -0.491 e. The molecule has 32 heavy (non-hydrogen) atoms. The Morgan fingerprint density at radius 2 is 1.62 bits per heavy atom. The topological polar surface area (TPSA) is 70.7 Å². The van der Waals surface area contributed by atoms with Crippen molar-refractivity contribution in [2.45, 2.75) is 26.5 Å². The molecular weight excluding hydrogens is 402 g/mol. The summed E-state index contributed by atoms with van der Waals surface area (Å²) in [6, 6.07) is 24.3. The van der Waals surface area contributed by atoms with Crippen LogP contribution in [-0.2, 0) is 11.3 Å². The van der Waals surface area contributed by atoms with Crippen molar-refractivity contribution in [3.8, 4) is 5.75 Å². The molecule has 0 atom stereocenters. The van der Waals surface area contributed by atoms with Crippen LogP contribution in [0.15, 0.2) is 78.9 Å². The Kier molecular flexibility index (Phi) is 7.86. The fourth-order valence-electron chi connectivity index (χ4n) is 3.19. The van der Waals surface area contributed by atoms with Crippen molar-refractivity contribution in [1.29, 1.82) is 0 Å². The van der Waals surface area contributed by atoms with Crippen molar-refractivity contribution >= 4 is 23.2 Å². The van der Waals surface area contributed by atoms with Gasteiger partial charge in [-0.05, 0) is 61.9 Å². The van der Waals surface area contributed by atoms with E-state index in [0.29, 0.717) is 23.5 Å². The third-order valence-corrected chi connectivity index (χ3v) is 4.68. The standard InChI is InChI=1S/C26H29N3O3/c1-19(2)32-24-14-12-22(13-15-24)28-25(30)17-27-23-11-7-10-21(16-23)26(31)29(3)18-20-8-5-4-6-9-20/h4-16,19,27H,17-18H2,1-3H3,(H,28,30). The lowest BCUT2D eigenvalue weighted by Gasteiger charge is -2.18. The molecule has 3 rings (SSSR count). The molecule has 6 nitrogen and oxygen atoms in total. The van der Waals surface area contributed by atoms with Crippen LogP contribution in [0.4, 0.5) is 11.4 Å². The van der Waals surface area contributed by atoms with Crippen LogP contribution in [0.1, 0.15) is 29.8 Å². The zero-order valence-electron chi connectivity index (χ0n) is 18.7. The number of amides is 2. The molecule has 3 aromatic carbocycles. The van der Waals surface area contributed by atoms with E-state index in [2.05, 4.69) is 10.6 Å². The molecule has 2 N–H and O–H groups in total. The highest BCUT2D eigenvalue weighted by molar-refractivity contribution is 5.96. The van der Waals surface area contributed by atoms with Gasteiger partial charge in [-0.15, -0.1) is 0 Å². The van der Waals surface area contributed by atoms with Gasteiger partial charge in [-0.3, -0.25) is 9.59 Å². The van der Waals surface area contributed by atoms with Crippen molar-refractivity contribution in [3.63, 3.8) is 0 Å². The first-order chi connectivity index (χ1) is 15.4. The SMILES string of the molecule is CC(C)Oc1ccc(NC(=O)CNc2cccc(C(=O)N(C)Cc3ccccc3)c2)cc1. The van der Waals surface area contributed by atoms with E-state index in [0.717, 1.165) is 11.3 Å². The highest BCUT2D eigenvalue weighted by Gasteiger charge is 2.13. The molecular formula is C26H29N3O3. The lowest BCUT2D eigenvalue weighted by molar-refractivity contribution is -0.114. The molecule has 0 unspecified atom stereocenters. The van der Waals surface area contributed by atoms with Gasteiger partial charge in [0.25, 0.3) is 5.91 Å². The first kappa shape index (κ1) is 22.9. The molecule has 2 amide bonds. The second kappa shape index (κ2) is 11.0. The predicted molar refractivity (Wildman–Crippen MR) is 128 cm³/mol. The Morgan fingerprint density at radius 1 is 0.906 bits per heavy atom. The molecule has 3 aromatic rings. The van der Waals surface area contributed by atoms with Gasteiger partial charge in [-0.1, -0.05) is 36.4 Å². The van der Waals surface area contributed by atoms with Crippen LogP contribution in [-0.4, -0.2) is 36.4 Å². The maximum Gasteiger partial charge on any atom is 0.253 e. The molecule has 0 aliphatic carbocycles. The van der Waals surface area contributed by atoms with Crippen molar-refractivity contribution in [3.05, 3.63) is 90.0 Å². The highest BCUT2D eigenvalue weighted by atomic mass is 16.5. The molecule has 0 radical (unpaired) electrons. The average molecular weight is 432 g/mol. The van der Waals surface area contributed by atoms with Gasteiger partial charge in [0.15, 0.2) is 0 Å². The number of hydrogen-bond donors (Lipinski definition) is 2. The lowest BCUT2D eigenvalue weighted by atomic mass is 10.1. The molecule has 0 spiro atoms. The van der Waals surface area contributed by atoms with Gasteiger partial charge in [-0.2, -0.15) is 0 Å². The lowest BCUT2D eigenvalue weighted by Crippen LogP contribution is -2.26. The molecule has 0 bridgehead atoms. The summed E-state index contributed by atoms with van der Waals surface area (Å²) in [5.41, 5.74) is 3.03. The summed E-state index contributed by atoms with van der Waals surface area (Å²) in [6.07, 6.45) is 0.0976. The Bertz CT molecular complexity index is 1030.